The highest BCUT2D eigenvalue weighted by molar-refractivity contribution is 5.90. The summed E-state index contributed by atoms with van der Waals surface area (Å²) in [6, 6.07) is 5.77. The van der Waals surface area contributed by atoms with Gasteiger partial charge in [0, 0.05) is 23.1 Å². The summed E-state index contributed by atoms with van der Waals surface area (Å²) in [7, 11) is 0. The van der Waals surface area contributed by atoms with Crippen LogP contribution in [-0.4, -0.2) is 28.0 Å². The molecule has 0 saturated heterocycles. The number of nitrogens with one attached hydrogen (secondary N) is 2. The first kappa shape index (κ1) is 16.6. The van der Waals surface area contributed by atoms with Gasteiger partial charge in [0.25, 0.3) is 0 Å². The van der Waals surface area contributed by atoms with Crippen molar-refractivity contribution in [2.24, 2.45) is 5.92 Å². The van der Waals surface area contributed by atoms with Crippen LogP contribution in [-0.2, 0) is 16.0 Å². The molecule has 0 aliphatic heterocycles. The van der Waals surface area contributed by atoms with Crippen molar-refractivity contribution in [2.75, 3.05) is 0 Å². The fraction of sp³-hybridized carbons (Fsp3) is 0.474. The van der Waals surface area contributed by atoms with E-state index in [0.29, 0.717) is 6.42 Å². The minimum Gasteiger partial charge on any atom is -0.481 e. The Morgan fingerprint density at radius 1 is 1.25 bits per heavy atom. The number of benzene rings is 1. The number of aromatic nitrogens is 1. The second-order valence-corrected chi connectivity index (χ2v) is 6.74. The van der Waals surface area contributed by atoms with E-state index < -0.39 is 11.9 Å². The maximum Gasteiger partial charge on any atom is 0.308 e. The van der Waals surface area contributed by atoms with Crippen LogP contribution in [0.15, 0.2) is 24.4 Å². The third-order valence-corrected chi connectivity index (χ3v) is 5.04. The number of aryl methyl sites for hydroxylation is 1. The number of carboxylic acids is 1. The molecule has 128 valence electrons. The Kier molecular flexibility index (Phi) is 4.88. The molecule has 3 N–H and O–H groups in total. The van der Waals surface area contributed by atoms with Crippen LogP contribution in [0.1, 0.15) is 43.2 Å². The normalized spacial score (nSPS) is 21.4. The first-order chi connectivity index (χ1) is 11.6. The molecule has 1 aliphatic carbocycles. The Balaban J connectivity index is 1.72. The first-order valence-electron chi connectivity index (χ1n) is 8.64. The van der Waals surface area contributed by atoms with Gasteiger partial charge in [0.05, 0.1) is 12.3 Å². The lowest BCUT2D eigenvalue weighted by atomic mass is 9.94. The zero-order valence-electron chi connectivity index (χ0n) is 14.0. The number of hydrogen-bond acceptors (Lipinski definition) is 2. The summed E-state index contributed by atoms with van der Waals surface area (Å²) in [5, 5.41) is 13.4. The number of rotatable bonds is 4. The summed E-state index contributed by atoms with van der Waals surface area (Å²) < 4.78 is 0. The highest BCUT2D eigenvalue weighted by Gasteiger charge is 2.30. The summed E-state index contributed by atoms with van der Waals surface area (Å²) >= 11 is 0. The van der Waals surface area contributed by atoms with Crippen LogP contribution in [0.25, 0.3) is 10.9 Å². The van der Waals surface area contributed by atoms with Gasteiger partial charge in [-0.2, -0.15) is 0 Å². The van der Waals surface area contributed by atoms with Crippen molar-refractivity contribution in [1.82, 2.24) is 10.3 Å². The third kappa shape index (κ3) is 3.45. The number of fused-ring (bicyclic) bond motifs is 1. The maximum absolute atomic E-state index is 12.5. The van der Waals surface area contributed by atoms with E-state index >= 15 is 0 Å². The lowest BCUT2D eigenvalue weighted by Crippen LogP contribution is -2.43. The second kappa shape index (κ2) is 7.07. The minimum absolute atomic E-state index is 0.101. The SMILES string of the molecule is Cc1cccc2c(CC(=O)N[C@H]3CCCCC[C@H]3C(=O)O)c[nH]c12. The number of H-pyrrole nitrogens is 1. The Bertz CT molecular complexity index is 750. The lowest BCUT2D eigenvalue weighted by Gasteiger charge is -2.22. The number of carbonyl (C=O) groups excluding carboxylic acids is 1. The third-order valence-electron chi connectivity index (χ3n) is 5.04. The molecule has 0 spiro atoms. The van der Waals surface area contributed by atoms with Gasteiger partial charge in [-0.3, -0.25) is 9.59 Å². The Morgan fingerprint density at radius 3 is 2.83 bits per heavy atom. The zero-order chi connectivity index (χ0) is 17.1. The minimum atomic E-state index is -0.801. The van der Waals surface area contributed by atoms with E-state index in [0.717, 1.165) is 47.7 Å². The van der Waals surface area contributed by atoms with E-state index in [-0.39, 0.29) is 18.4 Å². The highest BCUT2D eigenvalue weighted by atomic mass is 16.4. The molecule has 1 amide bonds. The molecule has 1 aliphatic rings. The van der Waals surface area contributed by atoms with Crippen LogP contribution < -0.4 is 5.32 Å². The van der Waals surface area contributed by atoms with E-state index in [1.807, 2.05) is 31.3 Å². The average molecular weight is 328 g/mol. The van der Waals surface area contributed by atoms with Crippen LogP contribution >= 0.6 is 0 Å². The van der Waals surface area contributed by atoms with Crippen LogP contribution in [0.2, 0.25) is 0 Å². The standard InChI is InChI=1S/C19H24N2O3/c1-12-6-5-8-14-13(11-20-18(12)14)10-17(22)21-16-9-4-2-3-7-15(16)19(23)24/h5-6,8,11,15-16,20H,2-4,7,9-10H2,1H3,(H,21,22)(H,23,24)/t15-,16+/m1/s1. The highest BCUT2D eigenvalue weighted by Crippen LogP contribution is 2.25. The van der Waals surface area contributed by atoms with Gasteiger partial charge in [-0.1, -0.05) is 37.5 Å². The molecule has 5 nitrogen and oxygen atoms in total. The molecule has 2 atom stereocenters. The average Bonchev–Trinajstić information content (AvgIpc) is 2.79. The fourth-order valence-electron chi connectivity index (χ4n) is 3.72. The molecule has 1 aromatic carbocycles. The summed E-state index contributed by atoms with van der Waals surface area (Å²) in [5.41, 5.74) is 3.15. The summed E-state index contributed by atoms with van der Waals surface area (Å²) in [6.07, 6.45) is 6.47. The van der Waals surface area contributed by atoms with Crippen molar-refractivity contribution in [3.05, 3.63) is 35.5 Å². The van der Waals surface area contributed by atoms with E-state index in [2.05, 4.69) is 10.3 Å². The predicted octanol–water partition coefficient (Wildman–Crippen LogP) is 3.17. The van der Waals surface area contributed by atoms with E-state index in [1.165, 1.54) is 0 Å². The number of aliphatic carboxylic acids is 1. The summed E-state index contributed by atoms with van der Waals surface area (Å²) in [5.74, 6) is -1.37. The molecule has 1 aromatic heterocycles. The quantitative estimate of drug-likeness (QED) is 0.754. The van der Waals surface area contributed by atoms with Gasteiger partial charge in [0.15, 0.2) is 0 Å². The molecule has 5 heteroatoms. The van der Waals surface area contributed by atoms with Crippen LogP contribution in [0, 0.1) is 12.8 Å². The molecule has 0 unspecified atom stereocenters. The molecule has 0 radical (unpaired) electrons. The Hall–Kier alpha value is -2.30. The van der Waals surface area contributed by atoms with Crippen molar-refractivity contribution in [2.45, 2.75) is 51.5 Å². The zero-order valence-corrected chi connectivity index (χ0v) is 14.0. The van der Waals surface area contributed by atoms with Gasteiger partial charge >= 0.3 is 5.97 Å². The molecule has 1 fully saturated rings. The molecule has 0 bridgehead atoms. The molecule has 1 heterocycles. The van der Waals surface area contributed by atoms with Crippen LogP contribution in [0.3, 0.4) is 0 Å². The lowest BCUT2D eigenvalue weighted by molar-refractivity contribution is -0.143. The van der Waals surface area contributed by atoms with Crippen LogP contribution in [0.5, 0.6) is 0 Å². The van der Waals surface area contributed by atoms with Gasteiger partial charge in [0.2, 0.25) is 5.91 Å². The fourth-order valence-corrected chi connectivity index (χ4v) is 3.72. The maximum atomic E-state index is 12.5. The van der Waals surface area contributed by atoms with E-state index in [9.17, 15) is 14.7 Å². The van der Waals surface area contributed by atoms with Gasteiger partial charge in [-0.05, 0) is 30.9 Å². The number of hydrogen-bond donors (Lipinski definition) is 3. The van der Waals surface area contributed by atoms with Crippen molar-refractivity contribution in [3.8, 4) is 0 Å². The summed E-state index contributed by atoms with van der Waals surface area (Å²) in [4.78, 5) is 27.2. The Labute approximate surface area is 141 Å². The molecule has 24 heavy (non-hydrogen) atoms. The van der Waals surface area contributed by atoms with Crippen molar-refractivity contribution in [3.63, 3.8) is 0 Å². The number of para-hydroxylation sites is 1. The second-order valence-electron chi connectivity index (χ2n) is 6.74. The first-order valence-corrected chi connectivity index (χ1v) is 8.64. The smallest absolute Gasteiger partial charge is 0.308 e. The molecule has 3 rings (SSSR count). The van der Waals surface area contributed by atoms with E-state index in [4.69, 9.17) is 0 Å². The number of aromatic amines is 1. The van der Waals surface area contributed by atoms with Crippen LogP contribution in [0.4, 0.5) is 0 Å². The molecule has 1 saturated carbocycles. The number of carbonyl (C=O) groups is 2. The Morgan fingerprint density at radius 2 is 2.04 bits per heavy atom. The number of amides is 1. The molecular formula is C19H24N2O3. The monoisotopic (exact) mass is 328 g/mol. The van der Waals surface area contributed by atoms with Crippen molar-refractivity contribution >= 4 is 22.8 Å². The summed E-state index contributed by atoms with van der Waals surface area (Å²) in [6.45, 7) is 2.03. The topological polar surface area (TPSA) is 82.2 Å². The van der Waals surface area contributed by atoms with Gasteiger partial charge in [-0.15, -0.1) is 0 Å². The van der Waals surface area contributed by atoms with Crippen molar-refractivity contribution < 1.29 is 14.7 Å². The molecule has 2 aromatic rings. The van der Waals surface area contributed by atoms with Crippen molar-refractivity contribution in [1.29, 1.82) is 0 Å². The van der Waals surface area contributed by atoms with Gasteiger partial charge < -0.3 is 15.4 Å². The van der Waals surface area contributed by atoms with Gasteiger partial charge in [0.1, 0.15) is 0 Å². The van der Waals surface area contributed by atoms with E-state index in [1.54, 1.807) is 0 Å². The largest absolute Gasteiger partial charge is 0.481 e. The molecular weight excluding hydrogens is 304 g/mol. The number of carboxylic acid groups (broad SMARTS) is 1. The predicted molar refractivity (Wildman–Crippen MR) is 92.9 cm³/mol. The van der Waals surface area contributed by atoms with Gasteiger partial charge in [-0.25, -0.2) is 0 Å².